The zero-order valence-electron chi connectivity index (χ0n) is 10.3. The highest BCUT2D eigenvalue weighted by Crippen LogP contribution is 2.27. The van der Waals surface area contributed by atoms with Gasteiger partial charge in [-0.3, -0.25) is 0 Å². The highest BCUT2D eigenvalue weighted by atomic mass is 32.2. The molecule has 0 saturated heterocycles. The first-order valence-electron chi connectivity index (χ1n) is 6.26. The van der Waals surface area contributed by atoms with Gasteiger partial charge in [0.25, 0.3) is 0 Å². The monoisotopic (exact) mass is 248 g/mol. The van der Waals surface area contributed by atoms with E-state index in [2.05, 4.69) is 17.0 Å². The minimum atomic E-state index is -3.03. The van der Waals surface area contributed by atoms with Gasteiger partial charge in [-0.05, 0) is 32.6 Å². The topological polar surface area (TPSA) is 58.2 Å². The molecule has 0 bridgehead atoms. The summed E-state index contributed by atoms with van der Waals surface area (Å²) in [6.07, 6.45) is 5.32. The van der Waals surface area contributed by atoms with Crippen LogP contribution in [0.3, 0.4) is 0 Å². The van der Waals surface area contributed by atoms with Crippen molar-refractivity contribution in [2.75, 3.05) is 18.8 Å². The second-order valence-corrected chi connectivity index (χ2v) is 6.68. The summed E-state index contributed by atoms with van der Waals surface area (Å²) in [6.45, 7) is 5.06. The molecule has 0 heterocycles. The summed E-state index contributed by atoms with van der Waals surface area (Å²) >= 11 is 0. The van der Waals surface area contributed by atoms with Gasteiger partial charge in [-0.25, -0.2) is 13.1 Å². The summed E-state index contributed by atoms with van der Waals surface area (Å²) in [5.41, 5.74) is 0. The molecule has 1 aliphatic carbocycles. The summed E-state index contributed by atoms with van der Waals surface area (Å²) in [4.78, 5) is 0. The van der Waals surface area contributed by atoms with Crippen molar-refractivity contribution in [1.82, 2.24) is 10.0 Å². The lowest BCUT2D eigenvalue weighted by atomic mass is 10.00. The lowest BCUT2D eigenvalue weighted by molar-refractivity contribution is 0.384. The molecule has 0 aliphatic heterocycles. The van der Waals surface area contributed by atoms with E-state index in [0.29, 0.717) is 12.6 Å². The normalized spacial score (nSPS) is 20.1. The Bertz CT molecular complexity index is 284. The predicted octanol–water partition coefficient (Wildman–Crippen LogP) is 1.09. The largest absolute Gasteiger partial charge is 0.313 e. The Morgan fingerprint density at radius 2 is 1.88 bits per heavy atom. The average molecular weight is 248 g/mol. The molecular weight excluding hydrogens is 224 g/mol. The molecular formula is C11H24N2O2S. The fraction of sp³-hybridized carbons (Fsp3) is 1.00. The van der Waals surface area contributed by atoms with Gasteiger partial charge in [-0.15, -0.1) is 0 Å². The van der Waals surface area contributed by atoms with Crippen LogP contribution in [0.25, 0.3) is 0 Å². The molecule has 2 N–H and O–H groups in total. The van der Waals surface area contributed by atoms with Gasteiger partial charge in [0.2, 0.25) is 10.0 Å². The molecule has 4 nitrogen and oxygen atoms in total. The Labute approximate surface area is 99.2 Å². The predicted molar refractivity (Wildman–Crippen MR) is 66.9 cm³/mol. The molecule has 1 unspecified atom stereocenters. The third kappa shape index (κ3) is 4.80. The maximum absolute atomic E-state index is 11.2. The Kier molecular flexibility index (Phi) is 5.72. The fourth-order valence-electron chi connectivity index (χ4n) is 2.23. The van der Waals surface area contributed by atoms with Crippen LogP contribution in [0.2, 0.25) is 0 Å². The van der Waals surface area contributed by atoms with Crippen molar-refractivity contribution in [3.63, 3.8) is 0 Å². The molecule has 1 fully saturated rings. The molecule has 0 aromatic heterocycles. The molecule has 1 saturated carbocycles. The first kappa shape index (κ1) is 13.9. The Morgan fingerprint density at radius 3 is 2.44 bits per heavy atom. The summed E-state index contributed by atoms with van der Waals surface area (Å²) in [5.74, 6) is 0.938. The van der Waals surface area contributed by atoms with Crippen molar-refractivity contribution in [3.8, 4) is 0 Å². The van der Waals surface area contributed by atoms with Crippen LogP contribution in [0.4, 0.5) is 0 Å². The van der Waals surface area contributed by atoms with E-state index >= 15 is 0 Å². The lowest BCUT2D eigenvalue weighted by Gasteiger charge is -2.20. The second kappa shape index (κ2) is 6.57. The van der Waals surface area contributed by atoms with Crippen molar-refractivity contribution < 1.29 is 8.42 Å². The van der Waals surface area contributed by atoms with Crippen molar-refractivity contribution in [3.05, 3.63) is 0 Å². The maximum Gasteiger partial charge on any atom is 0.211 e. The molecule has 96 valence electrons. The van der Waals surface area contributed by atoms with Crippen LogP contribution >= 0.6 is 0 Å². The molecule has 0 aromatic carbocycles. The van der Waals surface area contributed by atoms with Gasteiger partial charge in [-0.1, -0.05) is 12.8 Å². The minimum absolute atomic E-state index is 0.158. The van der Waals surface area contributed by atoms with E-state index in [-0.39, 0.29) is 5.75 Å². The first-order chi connectivity index (χ1) is 7.55. The minimum Gasteiger partial charge on any atom is -0.313 e. The molecule has 0 radical (unpaired) electrons. The Hall–Kier alpha value is -0.130. The number of hydrogen-bond acceptors (Lipinski definition) is 3. The second-order valence-electron chi connectivity index (χ2n) is 4.59. The standard InChI is InChI=1S/C11H24N2O2S/c1-3-16(14,15)13-9-8-12-10(2)11-6-4-5-7-11/h10-13H,3-9H2,1-2H3. The Balaban J connectivity index is 2.11. The number of nitrogens with one attached hydrogen (secondary N) is 2. The van der Waals surface area contributed by atoms with E-state index in [4.69, 9.17) is 0 Å². The van der Waals surface area contributed by atoms with Crippen LogP contribution in [0.5, 0.6) is 0 Å². The van der Waals surface area contributed by atoms with Crippen molar-refractivity contribution in [1.29, 1.82) is 0 Å². The quantitative estimate of drug-likeness (QED) is 0.663. The van der Waals surface area contributed by atoms with Gasteiger partial charge in [0.1, 0.15) is 0 Å². The Morgan fingerprint density at radius 1 is 1.25 bits per heavy atom. The molecule has 1 rings (SSSR count). The highest BCUT2D eigenvalue weighted by molar-refractivity contribution is 7.89. The van der Waals surface area contributed by atoms with E-state index in [1.54, 1.807) is 6.92 Å². The lowest BCUT2D eigenvalue weighted by Crippen LogP contribution is -2.39. The van der Waals surface area contributed by atoms with Crippen LogP contribution in [0.1, 0.15) is 39.5 Å². The molecule has 1 aliphatic rings. The molecule has 5 heteroatoms. The van der Waals surface area contributed by atoms with Gasteiger partial charge in [-0.2, -0.15) is 0 Å². The first-order valence-corrected chi connectivity index (χ1v) is 7.91. The summed E-state index contributed by atoms with van der Waals surface area (Å²) in [7, 11) is -3.03. The zero-order valence-corrected chi connectivity index (χ0v) is 11.1. The third-order valence-corrected chi connectivity index (χ3v) is 4.80. The number of hydrogen-bond donors (Lipinski definition) is 2. The van der Waals surface area contributed by atoms with Gasteiger partial charge in [0, 0.05) is 19.1 Å². The van der Waals surface area contributed by atoms with Crippen molar-refractivity contribution in [2.24, 2.45) is 5.92 Å². The van der Waals surface area contributed by atoms with Crippen LogP contribution in [-0.4, -0.2) is 33.3 Å². The molecule has 16 heavy (non-hydrogen) atoms. The molecule has 0 spiro atoms. The van der Waals surface area contributed by atoms with Crippen LogP contribution in [0, 0.1) is 5.92 Å². The van der Waals surface area contributed by atoms with E-state index in [9.17, 15) is 8.42 Å². The third-order valence-electron chi connectivity index (χ3n) is 3.40. The average Bonchev–Trinajstić information content (AvgIpc) is 2.77. The van der Waals surface area contributed by atoms with Crippen molar-refractivity contribution >= 4 is 10.0 Å². The maximum atomic E-state index is 11.2. The van der Waals surface area contributed by atoms with E-state index in [0.717, 1.165) is 12.5 Å². The van der Waals surface area contributed by atoms with Gasteiger partial charge in [0.05, 0.1) is 5.75 Å². The molecule has 0 amide bonds. The molecule has 1 atom stereocenters. The van der Waals surface area contributed by atoms with E-state index < -0.39 is 10.0 Å². The van der Waals surface area contributed by atoms with Crippen LogP contribution in [-0.2, 0) is 10.0 Å². The van der Waals surface area contributed by atoms with Crippen molar-refractivity contribution in [2.45, 2.75) is 45.6 Å². The molecule has 0 aromatic rings. The summed E-state index contributed by atoms with van der Waals surface area (Å²) < 4.78 is 24.9. The summed E-state index contributed by atoms with van der Waals surface area (Å²) in [5, 5.41) is 3.39. The van der Waals surface area contributed by atoms with Crippen LogP contribution < -0.4 is 10.0 Å². The van der Waals surface area contributed by atoms with Gasteiger partial charge < -0.3 is 5.32 Å². The van der Waals surface area contributed by atoms with Crippen LogP contribution in [0.15, 0.2) is 0 Å². The number of sulfonamides is 1. The van der Waals surface area contributed by atoms with Gasteiger partial charge in [0.15, 0.2) is 0 Å². The highest BCUT2D eigenvalue weighted by Gasteiger charge is 2.20. The SMILES string of the molecule is CCS(=O)(=O)NCCNC(C)C1CCCC1. The van der Waals surface area contributed by atoms with Gasteiger partial charge >= 0.3 is 0 Å². The van der Waals surface area contributed by atoms with E-state index in [1.807, 2.05) is 0 Å². The van der Waals surface area contributed by atoms with E-state index in [1.165, 1.54) is 25.7 Å². The summed E-state index contributed by atoms with van der Waals surface area (Å²) in [6, 6.07) is 0.508. The zero-order chi connectivity index (χ0) is 12.0. The smallest absolute Gasteiger partial charge is 0.211 e. The fourth-order valence-corrected chi connectivity index (χ4v) is 2.85. The number of rotatable bonds is 7.